The van der Waals surface area contributed by atoms with Crippen LogP contribution in [0.2, 0.25) is 0 Å². The van der Waals surface area contributed by atoms with Crippen molar-refractivity contribution < 1.29 is 0 Å². The number of likely N-dealkylation sites (tertiary alicyclic amines) is 1. The molecule has 0 saturated carbocycles. The Bertz CT molecular complexity index is 517. The summed E-state index contributed by atoms with van der Waals surface area (Å²) in [6, 6.07) is 9.05. The molecule has 1 aliphatic rings. The van der Waals surface area contributed by atoms with Crippen LogP contribution in [0.4, 0.5) is 0 Å². The van der Waals surface area contributed by atoms with E-state index in [4.69, 9.17) is 4.99 Å². The Balaban J connectivity index is 2.18. The minimum absolute atomic E-state index is 0.522. The third-order valence-electron chi connectivity index (χ3n) is 4.16. The van der Waals surface area contributed by atoms with Gasteiger partial charge in [0, 0.05) is 22.4 Å². The van der Waals surface area contributed by atoms with Gasteiger partial charge < -0.3 is 0 Å². The van der Waals surface area contributed by atoms with Gasteiger partial charge in [0.05, 0.1) is 0 Å². The smallest absolute Gasteiger partial charge is 0.0475 e. The van der Waals surface area contributed by atoms with E-state index in [0.29, 0.717) is 6.04 Å². The van der Waals surface area contributed by atoms with E-state index in [1.54, 1.807) is 0 Å². The Hall–Kier alpha value is -0.930. The first-order valence-corrected chi connectivity index (χ1v) is 8.60. The maximum Gasteiger partial charge on any atom is 0.0475 e. The second-order valence-corrected chi connectivity index (χ2v) is 6.74. The summed E-state index contributed by atoms with van der Waals surface area (Å²) in [4.78, 5) is 7.18. The highest BCUT2D eigenvalue weighted by atomic mass is 79.9. The molecule has 3 heteroatoms. The standard InChI is InChI=1S/C18H25BrN2/c1-4-6-16(15-8-10-17(19)11-9-15)13-20-14(2)18-7-5-12-21(18)3/h8-11,13,18H,4-7,12H2,1-3H3/b16-13+,20-14+. The van der Waals surface area contributed by atoms with Crippen LogP contribution in [0.3, 0.4) is 0 Å². The Morgan fingerprint density at radius 2 is 2.10 bits per heavy atom. The van der Waals surface area contributed by atoms with Crippen molar-refractivity contribution in [1.82, 2.24) is 4.90 Å². The van der Waals surface area contributed by atoms with Gasteiger partial charge in [0.25, 0.3) is 0 Å². The number of aliphatic imine (C=N–C) groups is 1. The van der Waals surface area contributed by atoms with Crippen LogP contribution in [0.1, 0.15) is 45.1 Å². The first kappa shape index (κ1) is 16.4. The molecule has 1 unspecified atom stereocenters. The predicted molar refractivity (Wildman–Crippen MR) is 95.8 cm³/mol. The van der Waals surface area contributed by atoms with Gasteiger partial charge in [-0.25, -0.2) is 0 Å². The molecule has 1 aromatic carbocycles. The maximum atomic E-state index is 4.78. The average Bonchev–Trinajstić information content (AvgIpc) is 2.90. The Morgan fingerprint density at radius 3 is 2.67 bits per heavy atom. The van der Waals surface area contributed by atoms with E-state index in [-0.39, 0.29) is 0 Å². The Labute approximate surface area is 137 Å². The fourth-order valence-electron chi connectivity index (χ4n) is 2.92. The van der Waals surface area contributed by atoms with Gasteiger partial charge in [-0.05, 0) is 63.0 Å². The molecule has 0 amide bonds. The van der Waals surface area contributed by atoms with E-state index in [2.05, 4.69) is 72.2 Å². The summed E-state index contributed by atoms with van der Waals surface area (Å²) in [6.07, 6.45) is 6.81. The summed E-state index contributed by atoms with van der Waals surface area (Å²) in [5.41, 5.74) is 3.84. The van der Waals surface area contributed by atoms with Crippen molar-refractivity contribution in [3.63, 3.8) is 0 Å². The topological polar surface area (TPSA) is 15.6 Å². The fourth-order valence-corrected chi connectivity index (χ4v) is 3.18. The molecule has 0 spiro atoms. The van der Waals surface area contributed by atoms with Crippen LogP contribution in [0.5, 0.6) is 0 Å². The molecular formula is C18H25BrN2. The zero-order valence-electron chi connectivity index (χ0n) is 13.3. The molecule has 1 aromatic rings. The van der Waals surface area contributed by atoms with E-state index in [1.165, 1.54) is 36.2 Å². The van der Waals surface area contributed by atoms with Crippen molar-refractivity contribution in [2.75, 3.05) is 13.6 Å². The van der Waals surface area contributed by atoms with E-state index in [1.807, 2.05) is 0 Å². The fraction of sp³-hybridized carbons (Fsp3) is 0.500. The molecule has 21 heavy (non-hydrogen) atoms. The molecule has 2 nitrogen and oxygen atoms in total. The maximum absolute atomic E-state index is 4.78. The number of hydrogen-bond donors (Lipinski definition) is 0. The van der Waals surface area contributed by atoms with Gasteiger partial charge in [-0.3, -0.25) is 9.89 Å². The lowest BCUT2D eigenvalue weighted by molar-refractivity contribution is 0.372. The molecule has 1 fully saturated rings. The van der Waals surface area contributed by atoms with Crippen molar-refractivity contribution >= 4 is 27.2 Å². The minimum atomic E-state index is 0.522. The summed E-state index contributed by atoms with van der Waals surface area (Å²) >= 11 is 3.49. The molecule has 1 aliphatic heterocycles. The zero-order chi connectivity index (χ0) is 15.2. The zero-order valence-corrected chi connectivity index (χ0v) is 14.9. The normalized spacial score (nSPS) is 21.0. The van der Waals surface area contributed by atoms with Crippen molar-refractivity contribution in [3.8, 4) is 0 Å². The first-order chi connectivity index (χ1) is 10.1. The quantitative estimate of drug-likeness (QED) is 0.672. The molecule has 1 heterocycles. The second-order valence-electron chi connectivity index (χ2n) is 5.82. The summed E-state index contributed by atoms with van der Waals surface area (Å²) in [5.74, 6) is 0. The third kappa shape index (κ3) is 4.52. The minimum Gasteiger partial charge on any atom is -0.298 e. The second kappa shape index (κ2) is 7.90. The molecule has 0 radical (unpaired) electrons. The highest BCUT2D eigenvalue weighted by Gasteiger charge is 2.22. The summed E-state index contributed by atoms with van der Waals surface area (Å²) in [6.45, 7) is 5.57. The largest absolute Gasteiger partial charge is 0.298 e. The molecule has 2 rings (SSSR count). The molecule has 0 aromatic heterocycles. The molecular weight excluding hydrogens is 324 g/mol. The average molecular weight is 349 g/mol. The monoisotopic (exact) mass is 348 g/mol. The highest BCUT2D eigenvalue weighted by Crippen LogP contribution is 2.23. The number of allylic oxidation sites excluding steroid dienone is 1. The first-order valence-electron chi connectivity index (χ1n) is 7.81. The number of hydrogen-bond acceptors (Lipinski definition) is 2. The lowest BCUT2D eigenvalue weighted by atomic mass is 10.0. The summed E-state index contributed by atoms with van der Waals surface area (Å²) in [7, 11) is 2.20. The van der Waals surface area contributed by atoms with Gasteiger partial charge in [0.2, 0.25) is 0 Å². The van der Waals surface area contributed by atoms with Gasteiger partial charge in [-0.15, -0.1) is 0 Å². The Kier molecular flexibility index (Phi) is 6.19. The van der Waals surface area contributed by atoms with Crippen LogP contribution in [0.15, 0.2) is 39.9 Å². The number of halogens is 1. The van der Waals surface area contributed by atoms with E-state index in [9.17, 15) is 0 Å². The van der Waals surface area contributed by atoms with Crippen molar-refractivity contribution in [2.24, 2.45) is 4.99 Å². The molecule has 1 atom stereocenters. The third-order valence-corrected chi connectivity index (χ3v) is 4.69. The summed E-state index contributed by atoms with van der Waals surface area (Å²) < 4.78 is 1.12. The van der Waals surface area contributed by atoms with Crippen LogP contribution >= 0.6 is 15.9 Å². The van der Waals surface area contributed by atoms with Crippen molar-refractivity contribution in [3.05, 3.63) is 40.5 Å². The van der Waals surface area contributed by atoms with Crippen molar-refractivity contribution in [1.29, 1.82) is 0 Å². The molecule has 114 valence electrons. The lowest BCUT2D eigenvalue weighted by Gasteiger charge is -2.18. The van der Waals surface area contributed by atoms with Gasteiger partial charge >= 0.3 is 0 Å². The van der Waals surface area contributed by atoms with Crippen molar-refractivity contribution in [2.45, 2.75) is 45.6 Å². The van der Waals surface area contributed by atoms with Crippen LogP contribution in [0, 0.1) is 0 Å². The Morgan fingerprint density at radius 1 is 1.38 bits per heavy atom. The molecule has 0 N–H and O–H groups in total. The van der Waals surface area contributed by atoms with Crippen LogP contribution < -0.4 is 0 Å². The van der Waals surface area contributed by atoms with Gasteiger partial charge in [-0.1, -0.05) is 41.4 Å². The number of rotatable bonds is 5. The summed E-state index contributed by atoms with van der Waals surface area (Å²) in [5, 5.41) is 0. The van der Waals surface area contributed by atoms with E-state index in [0.717, 1.165) is 17.3 Å². The molecule has 0 bridgehead atoms. The molecule has 0 aliphatic carbocycles. The molecule has 1 saturated heterocycles. The van der Waals surface area contributed by atoms with Gasteiger partial charge in [0.1, 0.15) is 0 Å². The van der Waals surface area contributed by atoms with Gasteiger partial charge in [0.15, 0.2) is 0 Å². The van der Waals surface area contributed by atoms with Crippen LogP contribution in [0.25, 0.3) is 5.57 Å². The predicted octanol–water partition coefficient (Wildman–Crippen LogP) is 5.15. The van der Waals surface area contributed by atoms with Crippen LogP contribution in [-0.2, 0) is 0 Å². The van der Waals surface area contributed by atoms with Crippen LogP contribution in [-0.4, -0.2) is 30.2 Å². The van der Waals surface area contributed by atoms with Gasteiger partial charge in [-0.2, -0.15) is 0 Å². The van der Waals surface area contributed by atoms with E-state index >= 15 is 0 Å². The van der Waals surface area contributed by atoms with E-state index < -0.39 is 0 Å². The highest BCUT2D eigenvalue weighted by molar-refractivity contribution is 9.10. The lowest BCUT2D eigenvalue weighted by Crippen LogP contribution is -2.31. The number of benzene rings is 1. The SMILES string of the molecule is CCC/C(=C\N=C(/C)C1CCCN1C)c1ccc(Br)cc1. The number of nitrogens with zero attached hydrogens (tertiary/aromatic N) is 2.